The van der Waals surface area contributed by atoms with Crippen molar-refractivity contribution in [3.05, 3.63) is 0 Å². The van der Waals surface area contributed by atoms with E-state index in [0.29, 0.717) is 19.2 Å². The quantitative estimate of drug-likeness (QED) is 0.737. The van der Waals surface area contributed by atoms with Crippen molar-refractivity contribution in [1.82, 2.24) is 10.2 Å². The first-order chi connectivity index (χ1) is 8.61. The lowest BCUT2D eigenvalue weighted by molar-refractivity contribution is -0.149. The second-order valence-corrected chi connectivity index (χ2v) is 5.53. The highest BCUT2D eigenvalue weighted by Gasteiger charge is 2.34. The molecule has 0 radical (unpaired) electrons. The maximum atomic E-state index is 12.5. The van der Waals surface area contributed by atoms with E-state index in [1.54, 1.807) is 0 Å². The van der Waals surface area contributed by atoms with E-state index in [1.165, 1.54) is 0 Å². The normalized spacial score (nSPS) is 37.6. The van der Waals surface area contributed by atoms with E-state index in [-0.39, 0.29) is 30.7 Å². The molecule has 2 heterocycles. The zero-order valence-corrected chi connectivity index (χ0v) is 11.3. The fourth-order valence-electron chi connectivity index (χ4n) is 2.77. The molecule has 5 nitrogen and oxygen atoms in total. The lowest BCUT2D eigenvalue weighted by Crippen LogP contribution is -2.58. The first kappa shape index (κ1) is 13.8. The number of morpholine rings is 1. The van der Waals surface area contributed by atoms with E-state index in [1.807, 2.05) is 11.8 Å². The number of ether oxygens (including phenoxy) is 1. The summed E-state index contributed by atoms with van der Waals surface area (Å²) in [6.07, 6.45) is 2.93. The molecule has 2 aliphatic heterocycles. The van der Waals surface area contributed by atoms with Crippen LogP contribution < -0.4 is 5.32 Å². The molecule has 0 aromatic carbocycles. The largest absolute Gasteiger partial charge is 0.394 e. The molecule has 0 spiro atoms. The van der Waals surface area contributed by atoms with Crippen molar-refractivity contribution in [1.29, 1.82) is 0 Å². The van der Waals surface area contributed by atoms with Crippen LogP contribution in [-0.4, -0.2) is 59.9 Å². The first-order valence-corrected chi connectivity index (χ1v) is 6.90. The van der Waals surface area contributed by atoms with Crippen molar-refractivity contribution in [3.63, 3.8) is 0 Å². The van der Waals surface area contributed by atoms with Gasteiger partial charge < -0.3 is 20.1 Å². The van der Waals surface area contributed by atoms with E-state index in [0.717, 1.165) is 19.3 Å². The number of nitrogens with zero attached hydrogens (tertiary/aromatic N) is 1. The Kier molecular flexibility index (Phi) is 4.59. The summed E-state index contributed by atoms with van der Waals surface area (Å²) in [5.41, 5.74) is 0. The molecular formula is C13H24N2O3. The molecular weight excluding hydrogens is 232 g/mol. The van der Waals surface area contributed by atoms with Crippen LogP contribution in [0.1, 0.15) is 33.1 Å². The lowest BCUT2D eigenvalue weighted by Gasteiger charge is -2.40. The Morgan fingerprint density at radius 3 is 2.89 bits per heavy atom. The van der Waals surface area contributed by atoms with Gasteiger partial charge in [-0.2, -0.15) is 0 Å². The third kappa shape index (κ3) is 3.02. The Morgan fingerprint density at radius 2 is 2.22 bits per heavy atom. The molecule has 18 heavy (non-hydrogen) atoms. The number of hydrogen-bond donors (Lipinski definition) is 2. The third-order valence-electron chi connectivity index (χ3n) is 3.91. The van der Waals surface area contributed by atoms with E-state index >= 15 is 0 Å². The molecule has 0 aromatic heterocycles. The zero-order valence-electron chi connectivity index (χ0n) is 11.3. The first-order valence-electron chi connectivity index (χ1n) is 6.90. The number of piperidine rings is 1. The fraction of sp³-hybridized carbons (Fsp3) is 0.923. The van der Waals surface area contributed by atoms with Gasteiger partial charge in [-0.25, -0.2) is 0 Å². The Bertz CT molecular complexity index is 298. The summed E-state index contributed by atoms with van der Waals surface area (Å²) in [6.45, 7) is 5.11. The van der Waals surface area contributed by atoms with Gasteiger partial charge in [0.25, 0.3) is 0 Å². The number of hydrogen-bond acceptors (Lipinski definition) is 4. The molecule has 5 heteroatoms. The van der Waals surface area contributed by atoms with Crippen LogP contribution in [-0.2, 0) is 9.53 Å². The molecule has 0 saturated carbocycles. The molecule has 0 aromatic rings. The highest BCUT2D eigenvalue weighted by molar-refractivity contribution is 5.82. The summed E-state index contributed by atoms with van der Waals surface area (Å²) in [7, 11) is 0. The maximum absolute atomic E-state index is 12.5. The third-order valence-corrected chi connectivity index (χ3v) is 3.91. The topological polar surface area (TPSA) is 61.8 Å². The van der Waals surface area contributed by atoms with Gasteiger partial charge >= 0.3 is 0 Å². The van der Waals surface area contributed by atoms with Gasteiger partial charge in [-0.05, 0) is 33.1 Å². The van der Waals surface area contributed by atoms with Crippen LogP contribution >= 0.6 is 0 Å². The van der Waals surface area contributed by atoms with Crippen LogP contribution in [0.3, 0.4) is 0 Å². The van der Waals surface area contributed by atoms with Crippen LogP contribution in [0.15, 0.2) is 0 Å². The predicted octanol–water partition coefficient (Wildman–Crippen LogP) is 0.125. The van der Waals surface area contributed by atoms with Crippen LogP contribution in [0.25, 0.3) is 0 Å². The van der Waals surface area contributed by atoms with Gasteiger partial charge in [-0.3, -0.25) is 4.79 Å². The summed E-state index contributed by atoms with van der Waals surface area (Å²) in [6, 6.07) is 0.450. The predicted molar refractivity (Wildman–Crippen MR) is 68.2 cm³/mol. The van der Waals surface area contributed by atoms with Crippen LogP contribution in [0.5, 0.6) is 0 Å². The summed E-state index contributed by atoms with van der Waals surface area (Å²) >= 11 is 0. The SMILES string of the molecule is CC1CCCC(C(=O)N2CC(CO)OCC2C)N1. The average molecular weight is 256 g/mol. The Labute approximate surface area is 108 Å². The van der Waals surface area contributed by atoms with Crippen LogP contribution in [0.4, 0.5) is 0 Å². The Hall–Kier alpha value is -0.650. The summed E-state index contributed by atoms with van der Waals surface area (Å²) < 4.78 is 5.46. The van der Waals surface area contributed by atoms with Crippen molar-refractivity contribution >= 4 is 5.91 Å². The van der Waals surface area contributed by atoms with Crippen LogP contribution in [0.2, 0.25) is 0 Å². The van der Waals surface area contributed by atoms with E-state index in [2.05, 4.69) is 12.2 Å². The van der Waals surface area contributed by atoms with Crippen molar-refractivity contribution in [2.45, 2.75) is 57.3 Å². The van der Waals surface area contributed by atoms with Gasteiger partial charge in [0.15, 0.2) is 0 Å². The van der Waals surface area contributed by atoms with Crippen molar-refractivity contribution < 1.29 is 14.6 Å². The second-order valence-electron chi connectivity index (χ2n) is 5.53. The maximum Gasteiger partial charge on any atom is 0.240 e. The standard InChI is InChI=1S/C13H24N2O3/c1-9-4-3-5-12(14-9)13(17)15-6-11(7-16)18-8-10(15)2/h9-12,14,16H,3-8H2,1-2H3. The molecule has 2 fully saturated rings. The number of rotatable bonds is 2. The second kappa shape index (κ2) is 5.99. The summed E-state index contributed by atoms with van der Waals surface area (Å²) in [5.74, 6) is 0.163. The molecule has 4 unspecified atom stereocenters. The van der Waals surface area contributed by atoms with Crippen molar-refractivity contribution in [2.75, 3.05) is 19.8 Å². The average Bonchev–Trinajstić information content (AvgIpc) is 2.38. The number of carbonyl (C=O) groups excluding carboxylic acids is 1. The smallest absolute Gasteiger partial charge is 0.240 e. The van der Waals surface area contributed by atoms with E-state index in [9.17, 15) is 4.79 Å². The zero-order chi connectivity index (χ0) is 13.1. The highest BCUT2D eigenvalue weighted by Crippen LogP contribution is 2.18. The minimum atomic E-state index is -0.230. The van der Waals surface area contributed by atoms with Gasteiger partial charge in [-0.15, -0.1) is 0 Å². The molecule has 2 aliphatic rings. The molecule has 4 atom stereocenters. The fourth-order valence-corrected chi connectivity index (χ4v) is 2.77. The van der Waals surface area contributed by atoms with Crippen molar-refractivity contribution in [2.24, 2.45) is 0 Å². The molecule has 2 saturated heterocycles. The van der Waals surface area contributed by atoms with Gasteiger partial charge in [-0.1, -0.05) is 0 Å². The van der Waals surface area contributed by atoms with Gasteiger partial charge in [0.1, 0.15) is 0 Å². The summed E-state index contributed by atoms with van der Waals surface area (Å²) in [4.78, 5) is 14.4. The summed E-state index contributed by atoms with van der Waals surface area (Å²) in [5, 5.41) is 12.5. The number of nitrogens with one attached hydrogen (secondary N) is 1. The molecule has 2 rings (SSSR count). The number of carbonyl (C=O) groups is 1. The molecule has 0 bridgehead atoms. The van der Waals surface area contributed by atoms with Gasteiger partial charge in [0, 0.05) is 12.6 Å². The minimum Gasteiger partial charge on any atom is -0.394 e. The number of amides is 1. The van der Waals surface area contributed by atoms with Crippen LogP contribution in [0, 0.1) is 0 Å². The molecule has 104 valence electrons. The molecule has 2 N–H and O–H groups in total. The van der Waals surface area contributed by atoms with Crippen molar-refractivity contribution in [3.8, 4) is 0 Å². The highest BCUT2D eigenvalue weighted by atomic mass is 16.5. The van der Waals surface area contributed by atoms with Gasteiger partial charge in [0.05, 0.1) is 31.4 Å². The van der Waals surface area contributed by atoms with Gasteiger partial charge in [0.2, 0.25) is 5.91 Å². The molecule has 0 aliphatic carbocycles. The number of aliphatic hydroxyl groups excluding tert-OH is 1. The lowest BCUT2D eigenvalue weighted by atomic mass is 9.98. The number of aliphatic hydroxyl groups is 1. The monoisotopic (exact) mass is 256 g/mol. The minimum absolute atomic E-state index is 0.0228. The van der Waals surface area contributed by atoms with E-state index < -0.39 is 0 Å². The molecule has 1 amide bonds. The Morgan fingerprint density at radius 1 is 1.44 bits per heavy atom. The Balaban J connectivity index is 1.97. The van der Waals surface area contributed by atoms with E-state index in [4.69, 9.17) is 9.84 Å².